The van der Waals surface area contributed by atoms with Gasteiger partial charge >= 0.3 is 11.9 Å². The van der Waals surface area contributed by atoms with E-state index in [4.69, 9.17) is 33.5 Å². The van der Waals surface area contributed by atoms with E-state index in [0.29, 0.717) is 32.8 Å². The number of hydrogen-bond acceptors (Lipinski definition) is 14. The number of hydrazone groups is 2. The molecule has 2 amide bonds. The molecule has 2 unspecified atom stereocenters. The molecule has 0 saturated carbocycles. The second-order valence-electron chi connectivity index (χ2n) is 12.0. The fourth-order valence-electron chi connectivity index (χ4n) is 5.11. The van der Waals surface area contributed by atoms with E-state index in [1.54, 1.807) is 62.4 Å². The van der Waals surface area contributed by atoms with Gasteiger partial charge in [-0.2, -0.15) is 40.7 Å². The van der Waals surface area contributed by atoms with Crippen molar-refractivity contribution >= 4 is 101 Å². The van der Waals surface area contributed by atoms with E-state index in [2.05, 4.69) is 30.7 Å². The molecule has 0 radical (unpaired) electrons. The number of amides is 2. The predicted octanol–water partition coefficient (Wildman–Crippen LogP) is 5.12. The zero-order chi connectivity index (χ0) is 42.7. The number of benzene rings is 4. The molecule has 0 aromatic heterocycles. The Balaban J connectivity index is 0.000000256. The Morgan fingerprint density at radius 2 is 1.00 bits per heavy atom. The van der Waals surface area contributed by atoms with Crippen LogP contribution < -0.4 is 20.3 Å². The number of carbonyl (C=O) groups excluding carboxylic acids is 2. The fourth-order valence-corrected chi connectivity index (χ4v) is 6.55. The molecule has 2 aliphatic rings. The number of carboxylic acids is 2. The Bertz CT molecular complexity index is 2550. The number of rotatable bonds is 10. The van der Waals surface area contributed by atoms with E-state index in [1.165, 1.54) is 0 Å². The Labute approximate surface area is 355 Å². The van der Waals surface area contributed by atoms with Gasteiger partial charge in [0.05, 0.1) is 55.1 Å². The molecule has 0 spiro atoms. The molecule has 59 heavy (non-hydrogen) atoms. The van der Waals surface area contributed by atoms with Crippen molar-refractivity contribution in [3.05, 3.63) is 106 Å². The zero-order valence-corrected chi connectivity index (χ0v) is 34.5. The molecule has 4 aromatic carbocycles. The number of azo groups is 2. The normalized spacial score (nSPS) is 16.8. The van der Waals surface area contributed by atoms with Crippen LogP contribution in [0.5, 0.6) is 0 Å². The number of carboxylic acid groups (broad SMARTS) is 2. The summed E-state index contributed by atoms with van der Waals surface area (Å²) in [4.78, 5) is 47.4. The number of hydrogen-bond donors (Lipinski definition) is 4. The van der Waals surface area contributed by atoms with Crippen LogP contribution in [-0.4, -0.2) is 74.3 Å². The van der Waals surface area contributed by atoms with Crippen molar-refractivity contribution in [2.24, 2.45) is 40.9 Å². The third-order valence-electron chi connectivity index (χ3n) is 7.91. The third-order valence-corrected chi connectivity index (χ3v) is 10.2. The van der Waals surface area contributed by atoms with Gasteiger partial charge in [-0.1, -0.05) is 35.3 Å². The number of sulfonamides is 2. The molecule has 0 saturated heterocycles. The predicted molar refractivity (Wildman–Crippen MR) is 210 cm³/mol. The summed E-state index contributed by atoms with van der Waals surface area (Å²) in [5.74, 6) is -3.83. The molecular weight excluding hydrogens is 895 g/mol. The summed E-state index contributed by atoms with van der Waals surface area (Å²) in [5.41, 5.74) is 0.470. The topological polar surface area (TPSA) is 310 Å². The van der Waals surface area contributed by atoms with E-state index in [9.17, 15) is 46.2 Å². The molecule has 2 heterocycles. The zero-order valence-electron chi connectivity index (χ0n) is 30.1. The van der Waals surface area contributed by atoms with Gasteiger partial charge in [-0.15, -0.1) is 0 Å². The Kier molecular flexibility index (Phi) is 14.4. The number of primary sulfonamides is 2. The van der Waals surface area contributed by atoms with E-state index < -0.39 is 67.0 Å². The SMILES string of the molecule is CC1=NN(c2cccc(Cl)c2)C(=O)C1N=Nc1ccc(S(N)(=O)=O)cc1C(=O)O.CC1=NN(c2cccc(Cl)c2)C(=O)C1N=Nc1ccc(S(N)(=O)=O)cc1C(=O)O.[Cr]. The Hall–Kier alpha value is -5.77. The standard InChI is InChI=1S/2C17H14ClN5O5S.Cr/c2*1-9-15(16(24)23(22-9)11-4-2-3-10(18)7-11)21-20-14-6-5-12(29(19,27)28)8-13(14)17(25)26;/h2*2-8,15H,1H3,(H,25,26)(H2,19,27,28);. The average molecular weight is 924 g/mol. The van der Waals surface area contributed by atoms with Crippen LogP contribution in [0.1, 0.15) is 34.6 Å². The van der Waals surface area contributed by atoms with Crippen LogP contribution in [0.25, 0.3) is 0 Å². The number of carbonyl (C=O) groups is 4. The average Bonchev–Trinajstić information content (AvgIpc) is 3.60. The summed E-state index contributed by atoms with van der Waals surface area (Å²) in [7, 11) is -8.18. The van der Waals surface area contributed by atoms with Gasteiger partial charge in [0.1, 0.15) is 0 Å². The monoisotopic (exact) mass is 922 g/mol. The first-order chi connectivity index (χ1) is 27.1. The van der Waals surface area contributed by atoms with Crippen LogP contribution in [-0.2, 0) is 47.0 Å². The van der Waals surface area contributed by atoms with Crippen molar-refractivity contribution in [3.63, 3.8) is 0 Å². The van der Waals surface area contributed by atoms with Gasteiger partial charge in [-0.25, -0.2) is 36.7 Å². The third kappa shape index (κ3) is 10.8. The summed E-state index contributed by atoms with van der Waals surface area (Å²) in [6.45, 7) is 3.16. The number of nitrogens with two attached hydrogens (primary N) is 2. The Morgan fingerprint density at radius 1 is 0.644 bits per heavy atom. The molecular formula is C34H28Cl2CrN10O10S2. The van der Waals surface area contributed by atoms with Crippen LogP contribution in [0.2, 0.25) is 10.0 Å². The molecule has 306 valence electrons. The minimum Gasteiger partial charge on any atom is -0.478 e. The van der Waals surface area contributed by atoms with E-state index in [-0.39, 0.29) is 38.5 Å². The van der Waals surface area contributed by atoms with Crippen molar-refractivity contribution in [3.8, 4) is 0 Å². The molecule has 25 heteroatoms. The first-order valence-electron chi connectivity index (χ1n) is 16.1. The molecule has 0 aliphatic carbocycles. The maximum atomic E-state index is 12.7. The van der Waals surface area contributed by atoms with Crippen LogP contribution in [0, 0.1) is 0 Å². The molecule has 2 atom stereocenters. The number of nitrogens with zero attached hydrogens (tertiary/aromatic N) is 8. The summed E-state index contributed by atoms with van der Waals surface area (Å²) in [6, 6.07) is 17.2. The van der Waals surface area contributed by atoms with Gasteiger partial charge in [0, 0.05) is 27.4 Å². The van der Waals surface area contributed by atoms with E-state index in [0.717, 1.165) is 46.4 Å². The minimum absolute atomic E-state index is 0. The van der Waals surface area contributed by atoms with Crippen LogP contribution in [0.4, 0.5) is 22.7 Å². The molecule has 6 N–H and O–H groups in total. The first kappa shape index (κ1) is 45.9. The fraction of sp³-hybridized carbons (Fsp3) is 0.118. The van der Waals surface area contributed by atoms with E-state index >= 15 is 0 Å². The first-order valence-corrected chi connectivity index (χ1v) is 19.9. The van der Waals surface area contributed by atoms with E-state index in [1.807, 2.05) is 0 Å². The quantitative estimate of drug-likeness (QED) is 0.152. The van der Waals surface area contributed by atoms with Crippen LogP contribution in [0.3, 0.4) is 0 Å². The smallest absolute Gasteiger partial charge is 0.338 e. The van der Waals surface area contributed by atoms with Gasteiger partial charge in [0.15, 0.2) is 12.1 Å². The molecule has 2 aliphatic heterocycles. The maximum absolute atomic E-state index is 12.7. The van der Waals surface area contributed by atoms with Crippen LogP contribution in [0.15, 0.2) is 125 Å². The maximum Gasteiger partial charge on any atom is 0.338 e. The van der Waals surface area contributed by atoms with Crippen LogP contribution >= 0.6 is 23.2 Å². The number of anilines is 2. The Morgan fingerprint density at radius 3 is 1.31 bits per heavy atom. The van der Waals surface area contributed by atoms with Crippen molar-refractivity contribution in [1.82, 2.24) is 0 Å². The second kappa shape index (κ2) is 18.4. The van der Waals surface area contributed by atoms with Crippen molar-refractivity contribution in [2.75, 3.05) is 10.0 Å². The largest absolute Gasteiger partial charge is 0.478 e. The molecule has 6 rings (SSSR count). The number of halogens is 2. The van der Waals surface area contributed by atoms with Crippen molar-refractivity contribution in [1.29, 1.82) is 0 Å². The number of aromatic carboxylic acids is 2. The van der Waals surface area contributed by atoms with Gasteiger partial charge in [0.25, 0.3) is 11.8 Å². The van der Waals surface area contributed by atoms with Crippen molar-refractivity contribution in [2.45, 2.75) is 35.7 Å². The summed E-state index contributed by atoms with van der Waals surface area (Å²) in [6.07, 6.45) is 0. The molecule has 20 nitrogen and oxygen atoms in total. The van der Waals surface area contributed by atoms with Crippen molar-refractivity contribution < 1.29 is 63.6 Å². The molecule has 0 fully saturated rings. The summed E-state index contributed by atoms with van der Waals surface area (Å²) >= 11 is 11.9. The van der Waals surface area contributed by atoms with Gasteiger partial charge < -0.3 is 10.2 Å². The van der Waals surface area contributed by atoms with Gasteiger partial charge in [-0.3, -0.25) is 9.59 Å². The second-order valence-corrected chi connectivity index (χ2v) is 16.0. The minimum atomic E-state index is -4.09. The van der Waals surface area contributed by atoms with Gasteiger partial charge in [-0.05, 0) is 86.6 Å². The summed E-state index contributed by atoms with van der Waals surface area (Å²) in [5, 5.41) is 55.6. The molecule has 4 aromatic rings. The summed E-state index contributed by atoms with van der Waals surface area (Å²) < 4.78 is 45.7. The molecule has 0 bridgehead atoms. The van der Waals surface area contributed by atoms with Gasteiger partial charge in [0.2, 0.25) is 20.0 Å².